The summed E-state index contributed by atoms with van der Waals surface area (Å²) in [6.07, 6.45) is 5.20. The van der Waals surface area contributed by atoms with E-state index in [1.165, 1.54) is 4.31 Å². The lowest BCUT2D eigenvalue weighted by molar-refractivity contribution is 0.0291. The minimum Gasteiger partial charge on any atom is -0.362 e. The zero-order valence-electron chi connectivity index (χ0n) is 10.7. The summed E-state index contributed by atoms with van der Waals surface area (Å²) in [5, 5.41) is 0.533. The molecule has 106 valence electrons. The van der Waals surface area contributed by atoms with Crippen molar-refractivity contribution >= 4 is 21.6 Å². The fourth-order valence-corrected chi connectivity index (χ4v) is 5.09. The lowest BCUT2D eigenvalue weighted by atomic mass is 9.86. The molecule has 1 aromatic rings. The van der Waals surface area contributed by atoms with E-state index in [4.69, 9.17) is 16.3 Å². The number of benzene rings is 1. The van der Waals surface area contributed by atoms with Gasteiger partial charge in [0.1, 0.15) is 5.60 Å². The first kappa shape index (κ1) is 12.8. The average molecular weight is 312 g/mol. The Bertz CT molecular complexity index is 685. The highest BCUT2D eigenvalue weighted by Crippen LogP contribution is 2.48. The Morgan fingerprint density at radius 3 is 2.70 bits per heavy atom. The van der Waals surface area contributed by atoms with Crippen molar-refractivity contribution in [2.45, 2.75) is 23.0 Å². The zero-order chi connectivity index (χ0) is 14.0. The van der Waals surface area contributed by atoms with E-state index < -0.39 is 10.0 Å². The SMILES string of the molecule is O=S(=O)(c1ccc(Cl)cc1)N1C[C@H]2C[C@@H]3C=C[C@@]2(C1)O3. The van der Waals surface area contributed by atoms with Gasteiger partial charge in [-0.15, -0.1) is 0 Å². The molecule has 0 unspecified atom stereocenters. The van der Waals surface area contributed by atoms with Crippen molar-refractivity contribution in [1.82, 2.24) is 4.31 Å². The minimum absolute atomic E-state index is 0.181. The highest BCUT2D eigenvalue weighted by molar-refractivity contribution is 7.89. The maximum absolute atomic E-state index is 12.7. The molecule has 0 aromatic heterocycles. The fraction of sp³-hybridized carbons (Fsp3) is 0.429. The number of sulfonamides is 1. The van der Waals surface area contributed by atoms with Crippen LogP contribution >= 0.6 is 11.6 Å². The molecule has 2 bridgehead atoms. The van der Waals surface area contributed by atoms with Gasteiger partial charge in [0.15, 0.2) is 0 Å². The molecule has 3 heterocycles. The molecule has 0 saturated carbocycles. The number of nitrogens with zero attached hydrogens (tertiary/aromatic N) is 1. The Labute approximate surface area is 123 Å². The lowest BCUT2D eigenvalue weighted by Crippen LogP contribution is -2.35. The van der Waals surface area contributed by atoms with Crippen LogP contribution in [0.3, 0.4) is 0 Å². The molecule has 4 rings (SSSR count). The van der Waals surface area contributed by atoms with Crippen LogP contribution in [0.25, 0.3) is 0 Å². The quantitative estimate of drug-likeness (QED) is 0.785. The summed E-state index contributed by atoms with van der Waals surface area (Å²) >= 11 is 5.81. The molecule has 6 heteroatoms. The van der Waals surface area contributed by atoms with E-state index in [2.05, 4.69) is 6.08 Å². The van der Waals surface area contributed by atoms with Crippen molar-refractivity contribution < 1.29 is 13.2 Å². The van der Waals surface area contributed by atoms with Gasteiger partial charge >= 0.3 is 0 Å². The van der Waals surface area contributed by atoms with Gasteiger partial charge in [-0.3, -0.25) is 0 Å². The highest BCUT2D eigenvalue weighted by atomic mass is 35.5. The van der Waals surface area contributed by atoms with E-state index in [-0.39, 0.29) is 22.5 Å². The predicted octanol–water partition coefficient (Wildman–Crippen LogP) is 2.06. The fourth-order valence-electron chi connectivity index (χ4n) is 3.44. The van der Waals surface area contributed by atoms with Crippen LogP contribution < -0.4 is 0 Å². The molecule has 0 aliphatic carbocycles. The summed E-state index contributed by atoms with van der Waals surface area (Å²) in [5.41, 5.74) is -0.385. The third-order valence-corrected chi connectivity index (χ3v) is 6.55. The van der Waals surface area contributed by atoms with E-state index in [0.29, 0.717) is 18.1 Å². The van der Waals surface area contributed by atoms with E-state index >= 15 is 0 Å². The Morgan fingerprint density at radius 1 is 1.30 bits per heavy atom. The molecule has 3 aliphatic heterocycles. The summed E-state index contributed by atoms with van der Waals surface area (Å²) in [4.78, 5) is 0.289. The van der Waals surface area contributed by atoms with E-state index in [0.717, 1.165) is 6.42 Å². The molecule has 1 aromatic carbocycles. The van der Waals surface area contributed by atoms with Gasteiger partial charge in [-0.05, 0) is 30.7 Å². The smallest absolute Gasteiger partial charge is 0.243 e. The highest BCUT2D eigenvalue weighted by Gasteiger charge is 2.57. The van der Waals surface area contributed by atoms with Crippen LogP contribution in [-0.4, -0.2) is 37.5 Å². The molecule has 0 N–H and O–H groups in total. The Morgan fingerprint density at radius 2 is 2.05 bits per heavy atom. The second kappa shape index (κ2) is 4.07. The molecule has 20 heavy (non-hydrogen) atoms. The molecule has 0 amide bonds. The number of ether oxygens (including phenoxy) is 1. The molecule has 0 radical (unpaired) electrons. The van der Waals surface area contributed by atoms with Crippen LogP contribution in [0.2, 0.25) is 5.02 Å². The van der Waals surface area contributed by atoms with Crippen molar-refractivity contribution in [3.8, 4) is 0 Å². The summed E-state index contributed by atoms with van der Waals surface area (Å²) < 4.78 is 32.8. The number of hydrogen-bond donors (Lipinski definition) is 0. The molecule has 3 atom stereocenters. The van der Waals surface area contributed by atoms with Crippen LogP contribution in [-0.2, 0) is 14.8 Å². The normalized spacial score (nSPS) is 35.6. The molecule has 1 spiro atoms. The Kier molecular flexibility index (Phi) is 2.61. The molecule has 2 fully saturated rings. The van der Waals surface area contributed by atoms with Crippen LogP contribution in [0, 0.1) is 5.92 Å². The Hall–Kier alpha value is -0.880. The van der Waals surface area contributed by atoms with Crippen LogP contribution in [0.5, 0.6) is 0 Å². The van der Waals surface area contributed by atoms with Crippen molar-refractivity contribution in [2.75, 3.05) is 13.1 Å². The number of halogens is 1. The first-order valence-electron chi connectivity index (χ1n) is 6.62. The van der Waals surface area contributed by atoms with Crippen molar-refractivity contribution in [2.24, 2.45) is 5.92 Å². The molecule has 3 aliphatic rings. The third kappa shape index (κ3) is 1.70. The monoisotopic (exact) mass is 311 g/mol. The lowest BCUT2D eigenvalue weighted by Gasteiger charge is -2.22. The molecular weight excluding hydrogens is 298 g/mol. The van der Waals surface area contributed by atoms with Gasteiger partial charge in [0.05, 0.1) is 11.0 Å². The molecule has 4 nitrogen and oxygen atoms in total. The molecule has 2 saturated heterocycles. The van der Waals surface area contributed by atoms with Gasteiger partial charge in [0, 0.05) is 24.0 Å². The van der Waals surface area contributed by atoms with E-state index in [1.807, 2.05) is 6.08 Å². The number of rotatable bonds is 2. The maximum Gasteiger partial charge on any atom is 0.243 e. The summed E-state index contributed by atoms with van der Waals surface area (Å²) in [6.45, 7) is 0.946. The minimum atomic E-state index is -3.47. The topological polar surface area (TPSA) is 46.6 Å². The van der Waals surface area contributed by atoms with Gasteiger partial charge in [0.2, 0.25) is 10.0 Å². The Balaban J connectivity index is 1.66. The maximum atomic E-state index is 12.7. The number of hydrogen-bond acceptors (Lipinski definition) is 3. The van der Waals surface area contributed by atoms with Gasteiger partial charge in [-0.2, -0.15) is 4.31 Å². The second-order valence-electron chi connectivity index (χ2n) is 5.65. The van der Waals surface area contributed by atoms with Crippen molar-refractivity contribution in [1.29, 1.82) is 0 Å². The standard InChI is InChI=1S/C14H14ClNO3S/c15-11-1-3-13(4-2-11)20(17,18)16-8-10-7-12-5-6-14(10,9-16)19-12/h1-6,10,12H,7-9H2/t10-,12+,14+/m1/s1. The van der Waals surface area contributed by atoms with Crippen LogP contribution in [0.15, 0.2) is 41.3 Å². The largest absolute Gasteiger partial charge is 0.362 e. The summed E-state index contributed by atoms with van der Waals surface area (Å²) in [6, 6.07) is 6.31. The van der Waals surface area contributed by atoms with Crippen molar-refractivity contribution in [3.05, 3.63) is 41.4 Å². The second-order valence-corrected chi connectivity index (χ2v) is 8.03. The van der Waals surface area contributed by atoms with Crippen LogP contribution in [0.4, 0.5) is 0 Å². The predicted molar refractivity (Wildman–Crippen MR) is 75.1 cm³/mol. The average Bonchev–Trinajstić information content (AvgIpc) is 3.05. The van der Waals surface area contributed by atoms with E-state index in [1.54, 1.807) is 24.3 Å². The van der Waals surface area contributed by atoms with Crippen molar-refractivity contribution in [3.63, 3.8) is 0 Å². The van der Waals surface area contributed by atoms with Gasteiger partial charge in [-0.1, -0.05) is 23.8 Å². The third-order valence-electron chi connectivity index (χ3n) is 4.47. The summed E-state index contributed by atoms with van der Waals surface area (Å²) in [5.74, 6) is 0.277. The van der Waals surface area contributed by atoms with Gasteiger partial charge < -0.3 is 4.74 Å². The van der Waals surface area contributed by atoms with Gasteiger partial charge in [-0.25, -0.2) is 8.42 Å². The zero-order valence-corrected chi connectivity index (χ0v) is 12.3. The summed E-state index contributed by atoms with van der Waals surface area (Å²) in [7, 11) is -3.47. The first-order valence-corrected chi connectivity index (χ1v) is 8.44. The van der Waals surface area contributed by atoms with Gasteiger partial charge in [0.25, 0.3) is 0 Å². The molecular formula is C14H14ClNO3S. The van der Waals surface area contributed by atoms with Crippen LogP contribution in [0.1, 0.15) is 6.42 Å². The number of fused-ring (bicyclic) bond motifs is 1. The first-order chi connectivity index (χ1) is 9.49. The van der Waals surface area contributed by atoms with E-state index in [9.17, 15) is 8.42 Å².